The molecule has 0 saturated heterocycles. The van der Waals surface area contributed by atoms with Gasteiger partial charge in [0.2, 0.25) is 0 Å². The average molecular weight is 294 g/mol. The molecule has 118 valence electrons. The van der Waals surface area contributed by atoms with E-state index in [1.165, 1.54) is 41.5 Å². The zero-order valence-corrected chi connectivity index (χ0v) is 14.7. The predicted octanol–water partition coefficient (Wildman–Crippen LogP) is 6.90. The largest absolute Gasteiger partial charge is 0.0912 e. The van der Waals surface area contributed by atoms with Crippen LogP contribution in [0.15, 0.2) is 66.3 Å². The molecular formula is C22H30. The molecule has 0 aliphatic heterocycles. The Morgan fingerprint density at radius 3 is 2.27 bits per heavy atom. The summed E-state index contributed by atoms with van der Waals surface area (Å²) >= 11 is 0. The smallest absolute Gasteiger partial charge is 0.00733 e. The molecule has 0 N–H and O–H groups in total. The Morgan fingerprint density at radius 1 is 1.05 bits per heavy atom. The maximum Gasteiger partial charge on any atom is -0.00733 e. The molecule has 0 aromatic heterocycles. The van der Waals surface area contributed by atoms with Gasteiger partial charge in [0.05, 0.1) is 0 Å². The fourth-order valence-electron chi connectivity index (χ4n) is 2.25. The molecule has 0 spiro atoms. The predicted molar refractivity (Wildman–Crippen MR) is 101 cm³/mol. The van der Waals surface area contributed by atoms with Crippen molar-refractivity contribution in [3.05, 3.63) is 77.4 Å². The number of allylic oxidation sites excluding steroid dienone is 7. The zero-order valence-electron chi connectivity index (χ0n) is 14.7. The van der Waals surface area contributed by atoms with Crippen molar-refractivity contribution in [3.8, 4) is 0 Å². The first-order valence-corrected chi connectivity index (χ1v) is 8.34. The molecule has 0 bridgehead atoms. The monoisotopic (exact) mass is 294 g/mol. The lowest BCUT2D eigenvalue weighted by Gasteiger charge is -2.05. The second-order valence-electron chi connectivity index (χ2n) is 5.83. The van der Waals surface area contributed by atoms with Crippen molar-refractivity contribution in [1.82, 2.24) is 0 Å². The molecule has 0 atom stereocenters. The molecule has 0 amide bonds. The Hall–Kier alpha value is -1.82. The van der Waals surface area contributed by atoms with Crippen LogP contribution in [0.4, 0.5) is 0 Å². The summed E-state index contributed by atoms with van der Waals surface area (Å²) in [4.78, 5) is 0. The molecule has 0 heterocycles. The van der Waals surface area contributed by atoms with Gasteiger partial charge in [-0.2, -0.15) is 0 Å². The van der Waals surface area contributed by atoms with Crippen LogP contribution in [-0.4, -0.2) is 0 Å². The molecule has 0 fully saturated rings. The normalized spacial score (nSPS) is 12.9. The van der Waals surface area contributed by atoms with Crippen LogP contribution < -0.4 is 0 Å². The van der Waals surface area contributed by atoms with E-state index in [0.29, 0.717) is 0 Å². The molecule has 0 radical (unpaired) electrons. The van der Waals surface area contributed by atoms with E-state index in [-0.39, 0.29) is 0 Å². The fraction of sp³-hybridized carbons (Fsp3) is 0.364. The van der Waals surface area contributed by atoms with Crippen molar-refractivity contribution < 1.29 is 0 Å². The molecule has 0 aliphatic rings. The van der Waals surface area contributed by atoms with Crippen molar-refractivity contribution in [2.24, 2.45) is 0 Å². The van der Waals surface area contributed by atoms with Gasteiger partial charge in [0.1, 0.15) is 0 Å². The standard InChI is InChI=1S/C22H30/c1-6-9-10-21-13-15-22(16-14-21)19(5)11-12-20(8-3)17-18(4)7-2/h7-8,11-16H,5-6,9-10,17H2,1-4H3/b12-11-,18-7+,20-8+. The van der Waals surface area contributed by atoms with Crippen LogP contribution in [0.2, 0.25) is 0 Å². The zero-order chi connectivity index (χ0) is 16.4. The molecule has 1 aromatic rings. The first-order valence-electron chi connectivity index (χ1n) is 8.34. The van der Waals surface area contributed by atoms with Gasteiger partial charge in [-0.3, -0.25) is 0 Å². The molecule has 0 saturated carbocycles. The van der Waals surface area contributed by atoms with Gasteiger partial charge in [0, 0.05) is 0 Å². The lowest BCUT2D eigenvalue weighted by Crippen LogP contribution is -1.86. The molecule has 0 aliphatic carbocycles. The highest BCUT2D eigenvalue weighted by atomic mass is 14.0. The highest BCUT2D eigenvalue weighted by molar-refractivity contribution is 5.72. The topological polar surface area (TPSA) is 0 Å². The van der Waals surface area contributed by atoms with Crippen molar-refractivity contribution in [2.75, 3.05) is 0 Å². The number of rotatable bonds is 8. The highest BCUT2D eigenvalue weighted by Crippen LogP contribution is 2.18. The quantitative estimate of drug-likeness (QED) is 0.361. The second kappa shape index (κ2) is 10.00. The van der Waals surface area contributed by atoms with Gasteiger partial charge in [-0.15, -0.1) is 0 Å². The van der Waals surface area contributed by atoms with Crippen molar-refractivity contribution in [1.29, 1.82) is 0 Å². The van der Waals surface area contributed by atoms with Crippen molar-refractivity contribution in [2.45, 2.75) is 53.4 Å². The molecule has 0 nitrogen and oxygen atoms in total. The fourth-order valence-corrected chi connectivity index (χ4v) is 2.25. The Bertz CT molecular complexity index is 550. The lowest BCUT2D eigenvalue weighted by molar-refractivity contribution is 0.795. The molecule has 22 heavy (non-hydrogen) atoms. The van der Waals surface area contributed by atoms with E-state index in [2.05, 4.69) is 82.8 Å². The Balaban J connectivity index is 2.69. The van der Waals surface area contributed by atoms with Gasteiger partial charge in [-0.25, -0.2) is 0 Å². The van der Waals surface area contributed by atoms with Gasteiger partial charge in [0.25, 0.3) is 0 Å². The number of hydrogen-bond acceptors (Lipinski definition) is 0. The van der Waals surface area contributed by atoms with E-state index in [4.69, 9.17) is 0 Å². The minimum Gasteiger partial charge on any atom is -0.0912 e. The summed E-state index contributed by atoms with van der Waals surface area (Å²) < 4.78 is 0. The van der Waals surface area contributed by atoms with Crippen LogP contribution in [-0.2, 0) is 6.42 Å². The van der Waals surface area contributed by atoms with Crippen LogP contribution in [0.5, 0.6) is 0 Å². The molecular weight excluding hydrogens is 264 g/mol. The Labute approximate surface area is 137 Å². The Morgan fingerprint density at radius 2 is 1.73 bits per heavy atom. The number of benzene rings is 1. The lowest BCUT2D eigenvalue weighted by atomic mass is 10.0. The highest BCUT2D eigenvalue weighted by Gasteiger charge is 1.98. The third-order valence-corrected chi connectivity index (χ3v) is 3.99. The van der Waals surface area contributed by atoms with Crippen molar-refractivity contribution in [3.63, 3.8) is 0 Å². The minimum atomic E-state index is 1.01. The van der Waals surface area contributed by atoms with Crippen LogP contribution in [0.3, 0.4) is 0 Å². The van der Waals surface area contributed by atoms with Gasteiger partial charge in [-0.1, -0.05) is 74.1 Å². The third kappa shape index (κ3) is 6.30. The van der Waals surface area contributed by atoms with Gasteiger partial charge >= 0.3 is 0 Å². The molecule has 1 aromatic carbocycles. The number of aryl methyl sites for hydroxylation is 1. The van der Waals surface area contributed by atoms with Crippen LogP contribution in [0.1, 0.15) is 58.1 Å². The van der Waals surface area contributed by atoms with Crippen molar-refractivity contribution >= 4 is 5.57 Å². The summed E-state index contributed by atoms with van der Waals surface area (Å²) in [6, 6.07) is 8.82. The maximum absolute atomic E-state index is 4.19. The summed E-state index contributed by atoms with van der Waals surface area (Å²) in [7, 11) is 0. The second-order valence-corrected chi connectivity index (χ2v) is 5.83. The summed E-state index contributed by atoms with van der Waals surface area (Å²) in [6.07, 6.45) is 13.3. The van der Waals surface area contributed by atoms with E-state index in [9.17, 15) is 0 Å². The van der Waals surface area contributed by atoms with Crippen LogP contribution in [0, 0.1) is 0 Å². The van der Waals surface area contributed by atoms with Gasteiger partial charge in [-0.05, 0) is 62.3 Å². The number of unbranched alkanes of at least 4 members (excludes halogenated alkanes) is 1. The third-order valence-electron chi connectivity index (χ3n) is 3.99. The summed E-state index contributed by atoms with van der Waals surface area (Å²) in [5.74, 6) is 0. The van der Waals surface area contributed by atoms with E-state index in [1.807, 2.05) is 0 Å². The Kier molecular flexibility index (Phi) is 8.28. The molecule has 0 heteroatoms. The summed E-state index contributed by atoms with van der Waals surface area (Å²) in [6.45, 7) is 12.8. The van der Waals surface area contributed by atoms with Gasteiger partial charge < -0.3 is 0 Å². The van der Waals surface area contributed by atoms with E-state index in [0.717, 1.165) is 12.0 Å². The average Bonchev–Trinajstić information content (AvgIpc) is 2.56. The maximum atomic E-state index is 4.19. The first kappa shape index (κ1) is 18.2. The van der Waals surface area contributed by atoms with Gasteiger partial charge in [0.15, 0.2) is 0 Å². The van der Waals surface area contributed by atoms with Crippen LogP contribution >= 0.6 is 0 Å². The van der Waals surface area contributed by atoms with E-state index in [1.54, 1.807) is 0 Å². The summed E-state index contributed by atoms with van der Waals surface area (Å²) in [5.41, 5.74) is 6.41. The number of hydrogen-bond donors (Lipinski definition) is 0. The van der Waals surface area contributed by atoms with E-state index < -0.39 is 0 Å². The molecule has 0 unspecified atom stereocenters. The SMILES string of the molecule is C=C(/C=C\C(=C/C)C/C(C)=C/C)c1ccc(CCCC)cc1. The van der Waals surface area contributed by atoms with Crippen LogP contribution in [0.25, 0.3) is 5.57 Å². The minimum absolute atomic E-state index is 1.01. The first-order chi connectivity index (χ1) is 10.6. The molecule has 1 rings (SSSR count). The van der Waals surface area contributed by atoms with E-state index >= 15 is 0 Å². The summed E-state index contributed by atoms with van der Waals surface area (Å²) in [5, 5.41) is 0.